The molecule has 1 aliphatic rings. The largest absolute Gasteiger partial charge is 0.544 e. The van der Waals surface area contributed by atoms with Gasteiger partial charge in [0.15, 0.2) is 0 Å². The molecule has 1 rings (SSSR count). The van der Waals surface area contributed by atoms with E-state index >= 15 is 0 Å². The summed E-state index contributed by atoms with van der Waals surface area (Å²) in [7, 11) is -1.46. The summed E-state index contributed by atoms with van der Waals surface area (Å²) in [5, 5.41) is 0. The molecule has 0 saturated carbocycles. The van der Waals surface area contributed by atoms with E-state index in [0.717, 1.165) is 5.76 Å². The summed E-state index contributed by atoms with van der Waals surface area (Å²) in [5.41, 5.74) is 0.185. The van der Waals surface area contributed by atoms with Gasteiger partial charge in [0.1, 0.15) is 0 Å². The Morgan fingerprint density at radius 1 is 1.13 bits per heavy atom. The molecule has 86 valence electrons. The molecule has 0 aliphatic heterocycles. The van der Waals surface area contributed by atoms with Crippen LogP contribution in [0.1, 0.15) is 34.6 Å². The molecule has 0 radical (unpaired) electrons. The van der Waals surface area contributed by atoms with Crippen molar-refractivity contribution in [1.82, 2.24) is 0 Å². The van der Waals surface area contributed by atoms with E-state index in [4.69, 9.17) is 4.43 Å². The van der Waals surface area contributed by atoms with Crippen LogP contribution in [0.4, 0.5) is 0 Å². The average molecular weight is 224 g/mol. The molecule has 0 unspecified atom stereocenters. The van der Waals surface area contributed by atoms with E-state index in [-0.39, 0.29) is 5.41 Å². The smallest absolute Gasteiger partial charge is 0.250 e. The molecule has 1 nitrogen and oxygen atoms in total. The molecular weight excluding hydrogens is 200 g/mol. The summed E-state index contributed by atoms with van der Waals surface area (Å²) in [4.78, 5) is 0. The zero-order valence-corrected chi connectivity index (χ0v) is 11.8. The summed E-state index contributed by atoms with van der Waals surface area (Å²) in [6.07, 6.45) is 6.61. The van der Waals surface area contributed by atoms with E-state index < -0.39 is 8.32 Å². The van der Waals surface area contributed by atoms with Crippen molar-refractivity contribution >= 4 is 8.32 Å². The lowest BCUT2D eigenvalue weighted by molar-refractivity contribution is 0.419. The minimum Gasteiger partial charge on any atom is -0.544 e. The van der Waals surface area contributed by atoms with E-state index in [1.165, 1.54) is 18.1 Å². The fraction of sp³-hybridized carbons (Fsp3) is 0.692. The standard InChI is InChI=1S/C13H24OSi/c1-6-15(7-2,8-3)14-12-9-10-13(4,5)11-12/h9-11H,6-8H2,1-5H3. The third-order valence-electron chi connectivity index (χ3n) is 3.46. The molecule has 0 heterocycles. The van der Waals surface area contributed by atoms with Crippen LogP contribution in [-0.4, -0.2) is 8.32 Å². The highest BCUT2D eigenvalue weighted by Gasteiger charge is 2.32. The number of hydrogen-bond donors (Lipinski definition) is 0. The van der Waals surface area contributed by atoms with Gasteiger partial charge in [-0.05, 0) is 30.3 Å². The van der Waals surface area contributed by atoms with Crippen LogP contribution in [0, 0.1) is 5.41 Å². The summed E-state index contributed by atoms with van der Waals surface area (Å²) < 4.78 is 6.30. The van der Waals surface area contributed by atoms with Crippen molar-refractivity contribution in [3.8, 4) is 0 Å². The van der Waals surface area contributed by atoms with Gasteiger partial charge in [-0.2, -0.15) is 0 Å². The van der Waals surface area contributed by atoms with Gasteiger partial charge in [0.2, 0.25) is 8.32 Å². The second kappa shape index (κ2) is 4.56. The highest BCUT2D eigenvalue weighted by molar-refractivity contribution is 6.73. The highest BCUT2D eigenvalue weighted by Crippen LogP contribution is 2.32. The SMILES string of the molecule is CC[Si](CC)(CC)OC1=CC(C)(C)C=C1. The van der Waals surface area contributed by atoms with Gasteiger partial charge in [-0.15, -0.1) is 0 Å². The predicted octanol–water partition coefficient (Wildman–Crippen LogP) is 4.49. The third kappa shape index (κ3) is 2.97. The maximum atomic E-state index is 6.30. The molecule has 0 aromatic rings. The molecule has 15 heavy (non-hydrogen) atoms. The first-order valence-corrected chi connectivity index (χ1v) is 8.61. The summed E-state index contributed by atoms with van der Waals surface area (Å²) in [5.74, 6) is 1.11. The minimum absolute atomic E-state index is 0.185. The summed E-state index contributed by atoms with van der Waals surface area (Å²) >= 11 is 0. The molecule has 0 bridgehead atoms. The minimum atomic E-state index is -1.46. The van der Waals surface area contributed by atoms with Gasteiger partial charge >= 0.3 is 0 Å². The molecule has 0 spiro atoms. The highest BCUT2D eigenvalue weighted by atomic mass is 28.4. The average Bonchev–Trinajstić information content (AvgIpc) is 2.55. The normalized spacial score (nSPS) is 19.1. The monoisotopic (exact) mass is 224 g/mol. The zero-order chi connectivity index (χ0) is 11.5. The molecule has 1 aliphatic carbocycles. The Hall–Kier alpha value is -0.503. The van der Waals surface area contributed by atoms with E-state index in [1.807, 2.05) is 0 Å². The Kier molecular flexibility index (Phi) is 3.82. The molecule has 0 saturated heterocycles. The first-order chi connectivity index (χ1) is 6.97. The lowest BCUT2D eigenvalue weighted by Gasteiger charge is -2.29. The van der Waals surface area contributed by atoms with Crippen LogP contribution in [0.5, 0.6) is 0 Å². The Balaban J connectivity index is 2.73. The van der Waals surface area contributed by atoms with Crippen LogP contribution in [-0.2, 0) is 4.43 Å². The molecule has 0 aromatic heterocycles. The van der Waals surface area contributed by atoms with Crippen molar-refractivity contribution in [2.45, 2.75) is 52.8 Å². The van der Waals surface area contributed by atoms with E-state index in [9.17, 15) is 0 Å². The number of hydrogen-bond acceptors (Lipinski definition) is 1. The van der Waals surface area contributed by atoms with Gasteiger partial charge in [0, 0.05) is 5.41 Å². The van der Waals surface area contributed by atoms with Crippen LogP contribution in [0.2, 0.25) is 18.1 Å². The Bertz CT molecular complexity index is 264. The van der Waals surface area contributed by atoms with Gasteiger partial charge in [-0.3, -0.25) is 0 Å². The topological polar surface area (TPSA) is 9.23 Å². The fourth-order valence-corrected chi connectivity index (χ4v) is 4.60. The molecule has 2 heteroatoms. The van der Waals surface area contributed by atoms with E-state index in [0.29, 0.717) is 0 Å². The molecule has 0 fully saturated rings. The van der Waals surface area contributed by atoms with Crippen molar-refractivity contribution in [3.05, 3.63) is 24.0 Å². The van der Waals surface area contributed by atoms with Gasteiger partial charge in [0.25, 0.3) is 0 Å². The number of rotatable bonds is 5. The molecule has 0 amide bonds. The molecular formula is C13H24OSi. The van der Waals surface area contributed by atoms with E-state index in [1.54, 1.807) is 0 Å². The lowest BCUT2D eigenvalue weighted by Crippen LogP contribution is -2.35. The summed E-state index contributed by atoms with van der Waals surface area (Å²) in [6, 6.07) is 3.64. The van der Waals surface area contributed by atoms with Crippen molar-refractivity contribution < 1.29 is 4.43 Å². The van der Waals surface area contributed by atoms with Gasteiger partial charge < -0.3 is 4.43 Å². The number of allylic oxidation sites excluding steroid dienone is 3. The van der Waals surface area contributed by atoms with Crippen LogP contribution < -0.4 is 0 Å². The molecule has 0 N–H and O–H groups in total. The first kappa shape index (κ1) is 12.6. The third-order valence-corrected chi connectivity index (χ3v) is 7.99. The van der Waals surface area contributed by atoms with Crippen LogP contribution in [0.25, 0.3) is 0 Å². The van der Waals surface area contributed by atoms with E-state index in [2.05, 4.69) is 52.8 Å². The maximum absolute atomic E-state index is 6.30. The van der Waals surface area contributed by atoms with Gasteiger partial charge in [0.05, 0.1) is 5.76 Å². The lowest BCUT2D eigenvalue weighted by atomic mass is 9.97. The fourth-order valence-electron chi connectivity index (χ4n) is 2.04. The van der Waals surface area contributed by atoms with Crippen LogP contribution >= 0.6 is 0 Å². The van der Waals surface area contributed by atoms with Crippen molar-refractivity contribution in [1.29, 1.82) is 0 Å². The molecule has 0 aromatic carbocycles. The Morgan fingerprint density at radius 3 is 2.00 bits per heavy atom. The Morgan fingerprint density at radius 2 is 1.67 bits per heavy atom. The summed E-state index contributed by atoms with van der Waals surface area (Å²) in [6.45, 7) is 11.2. The van der Waals surface area contributed by atoms with Crippen molar-refractivity contribution in [2.75, 3.05) is 0 Å². The molecule has 0 atom stereocenters. The quantitative estimate of drug-likeness (QED) is 0.625. The zero-order valence-electron chi connectivity index (χ0n) is 10.8. The van der Waals surface area contributed by atoms with Gasteiger partial charge in [-0.1, -0.05) is 40.7 Å². The second-order valence-corrected chi connectivity index (χ2v) is 9.74. The van der Waals surface area contributed by atoms with Crippen LogP contribution in [0.15, 0.2) is 24.0 Å². The Labute approximate surface area is 95.4 Å². The maximum Gasteiger partial charge on any atom is 0.250 e. The predicted molar refractivity (Wildman–Crippen MR) is 69.3 cm³/mol. The first-order valence-electron chi connectivity index (χ1n) is 6.08. The second-order valence-electron chi connectivity index (χ2n) is 5.05. The van der Waals surface area contributed by atoms with Crippen LogP contribution in [0.3, 0.4) is 0 Å². The van der Waals surface area contributed by atoms with Crippen molar-refractivity contribution in [2.24, 2.45) is 5.41 Å². The van der Waals surface area contributed by atoms with Gasteiger partial charge in [-0.25, -0.2) is 0 Å². The van der Waals surface area contributed by atoms with Crippen molar-refractivity contribution in [3.63, 3.8) is 0 Å².